The minimum Gasteiger partial charge on any atom is -0.459 e. The predicted molar refractivity (Wildman–Crippen MR) is 129 cm³/mol. The maximum Gasteiger partial charge on any atom is 0.290 e. The second-order valence-electron chi connectivity index (χ2n) is 10.1. The summed E-state index contributed by atoms with van der Waals surface area (Å²) >= 11 is 1.76. The molecule has 3 aromatic rings. The fraction of sp³-hybridized carbons (Fsp3) is 0.407. The summed E-state index contributed by atoms with van der Waals surface area (Å²) in [6.07, 6.45) is 4.23. The highest BCUT2D eigenvalue weighted by molar-refractivity contribution is 7.10. The number of furan rings is 1. The molecule has 5 nitrogen and oxygen atoms in total. The molecule has 1 saturated carbocycles. The highest BCUT2D eigenvalue weighted by Gasteiger charge is 2.39. The number of benzene rings is 1. The Morgan fingerprint density at radius 3 is 2.52 bits per heavy atom. The minimum absolute atomic E-state index is 0.0106. The SMILES string of the molecule is CC(C)(C)c1ccc(C2c3ccsc3CCN2C(=O)CN(C(=O)c2ccco2)C2CC2)cc1. The van der Waals surface area contributed by atoms with Gasteiger partial charge in [0.1, 0.15) is 6.54 Å². The van der Waals surface area contributed by atoms with Crippen LogP contribution in [0.2, 0.25) is 0 Å². The molecule has 0 radical (unpaired) electrons. The van der Waals surface area contributed by atoms with Crippen LogP contribution < -0.4 is 0 Å². The number of carbonyl (C=O) groups is 2. The highest BCUT2D eigenvalue weighted by Crippen LogP contribution is 2.39. The van der Waals surface area contributed by atoms with E-state index in [-0.39, 0.29) is 35.9 Å². The normalized spacial score (nSPS) is 18.2. The van der Waals surface area contributed by atoms with E-state index in [2.05, 4.69) is 56.5 Å². The van der Waals surface area contributed by atoms with Gasteiger partial charge in [-0.15, -0.1) is 11.3 Å². The monoisotopic (exact) mass is 462 g/mol. The summed E-state index contributed by atoms with van der Waals surface area (Å²) in [5.74, 6) is 0.0847. The molecule has 33 heavy (non-hydrogen) atoms. The summed E-state index contributed by atoms with van der Waals surface area (Å²) in [5, 5.41) is 2.12. The maximum atomic E-state index is 13.7. The molecule has 1 fully saturated rings. The molecule has 0 N–H and O–H groups in total. The van der Waals surface area contributed by atoms with Gasteiger partial charge >= 0.3 is 0 Å². The van der Waals surface area contributed by atoms with Gasteiger partial charge < -0.3 is 14.2 Å². The van der Waals surface area contributed by atoms with Crippen LogP contribution in [-0.4, -0.2) is 40.7 Å². The summed E-state index contributed by atoms with van der Waals surface area (Å²) in [4.78, 5) is 31.7. The summed E-state index contributed by atoms with van der Waals surface area (Å²) < 4.78 is 5.33. The first kappa shape index (κ1) is 22.0. The third-order valence-corrected chi connectivity index (χ3v) is 7.66. The van der Waals surface area contributed by atoms with Crippen molar-refractivity contribution in [2.24, 2.45) is 0 Å². The summed E-state index contributed by atoms with van der Waals surface area (Å²) in [7, 11) is 0. The molecule has 1 aliphatic heterocycles. The number of hydrogen-bond donors (Lipinski definition) is 0. The zero-order chi connectivity index (χ0) is 23.2. The third-order valence-electron chi connectivity index (χ3n) is 6.66. The smallest absolute Gasteiger partial charge is 0.290 e. The molecule has 172 valence electrons. The van der Waals surface area contributed by atoms with E-state index in [1.807, 2.05) is 4.90 Å². The van der Waals surface area contributed by atoms with E-state index in [0.717, 1.165) is 24.8 Å². The Balaban J connectivity index is 1.43. The van der Waals surface area contributed by atoms with Crippen molar-refractivity contribution in [1.29, 1.82) is 0 Å². The molecular formula is C27H30N2O3S. The van der Waals surface area contributed by atoms with Gasteiger partial charge in [0.15, 0.2) is 5.76 Å². The largest absolute Gasteiger partial charge is 0.459 e. The van der Waals surface area contributed by atoms with Gasteiger partial charge in [-0.3, -0.25) is 9.59 Å². The fourth-order valence-corrected chi connectivity index (χ4v) is 5.55. The average molecular weight is 463 g/mol. The van der Waals surface area contributed by atoms with Crippen molar-refractivity contribution in [2.75, 3.05) is 13.1 Å². The van der Waals surface area contributed by atoms with Crippen molar-refractivity contribution in [3.63, 3.8) is 0 Å². The molecular weight excluding hydrogens is 432 g/mol. The first-order valence-corrected chi connectivity index (χ1v) is 12.5. The first-order valence-electron chi connectivity index (χ1n) is 11.6. The Bertz CT molecular complexity index is 1140. The van der Waals surface area contributed by atoms with Crippen molar-refractivity contribution in [3.8, 4) is 0 Å². The number of carbonyl (C=O) groups excluding carboxylic acids is 2. The average Bonchev–Trinajstić information content (AvgIpc) is 3.27. The Hall–Kier alpha value is -2.86. The molecule has 1 aromatic carbocycles. The van der Waals surface area contributed by atoms with Crippen LogP contribution in [0.15, 0.2) is 58.5 Å². The Kier molecular flexibility index (Phi) is 5.65. The van der Waals surface area contributed by atoms with Crippen LogP contribution in [0.3, 0.4) is 0 Å². The molecule has 6 heteroatoms. The van der Waals surface area contributed by atoms with Crippen LogP contribution in [0.5, 0.6) is 0 Å². The summed E-state index contributed by atoms with van der Waals surface area (Å²) in [6.45, 7) is 7.36. The summed E-state index contributed by atoms with van der Waals surface area (Å²) in [6, 6.07) is 14.2. The van der Waals surface area contributed by atoms with E-state index < -0.39 is 0 Å². The van der Waals surface area contributed by atoms with Gasteiger partial charge in [-0.1, -0.05) is 45.0 Å². The molecule has 0 saturated heterocycles. The van der Waals surface area contributed by atoms with E-state index in [9.17, 15) is 9.59 Å². The maximum absolute atomic E-state index is 13.7. The lowest BCUT2D eigenvalue weighted by molar-refractivity contribution is -0.134. The molecule has 1 atom stereocenters. The molecule has 5 rings (SSSR count). The number of rotatable bonds is 5. The highest BCUT2D eigenvalue weighted by atomic mass is 32.1. The molecule has 1 unspecified atom stereocenters. The van der Waals surface area contributed by atoms with Gasteiger partial charge in [-0.05, 0) is 64.9 Å². The molecule has 2 aromatic heterocycles. The van der Waals surface area contributed by atoms with Crippen LogP contribution in [0.4, 0.5) is 0 Å². The van der Waals surface area contributed by atoms with Gasteiger partial charge in [-0.25, -0.2) is 0 Å². The van der Waals surface area contributed by atoms with Crippen molar-refractivity contribution >= 4 is 23.2 Å². The van der Waals surface area contributed by atoms with Crippen LogP contribution in [-0.2, 0) is 16.6 Å². The molecule has 1 aliphatic carbocycles. The van der Waals surface area contributed by atoms with E-state index in [0.29, 0.717) is 12.3 Å². The second kappa shape index (κ2) is 8.49. The van der Waals surface area contributed by atoms with Crippen LogP contribution in [0.25, 0.3) is 0 Å². The zero-order valence-corrected chi connectivity index (χ0v) is 20.2. The summed E-state index contributed by atoms with van der Waals surface area (Å²) in [5.41, 5.74) is 3.67. The molecule has 2 amide bonds. The van der Waals surface area contributed by atoms with E-state index >= 15 is 0 Å². The molecule has 0 spiro atoms. The van der Waals surface area contributed by atoms with Gasteiger partial charge in [0.25, 0.3) is 5.91 Å². The van der Waals surface area contributed by atoms with Crippen molar-refractivity contribution < 1.29 is 14.0 Å². The number of fused-ring (bicyclic) bond motifs is 1. The third kappa shape index (κ3) is 4.36. The van der Waals surface area contributed by atoms with Gasteiger partial charge in [-0.2, -0.15) is 0 Å². The van der Waals surface area contributed by atoms with Crippen molar-refractivity contribution in [2.45, 2.75) is 57.5 Å². The van der Waals surface area contributed by atoms with Crippen molar-refractivity contribution in [3.05, 3.63) is 81.4 Å². The second-order valence-corrected chi connectivity index (χ2v) is 11.1. The van der Waals surface area contributed by atoms with Gasteiger partial charge in [0, 0.05) is 17.5 Å². The lowest BCUT2D eigenvalue weighted by Gasteiger charge is -2.37. The number of nitrogens with zero attached hydrogens (tertiary/aromatic N) is 2. The topological polar surface area (TPSA) is 53.8 Å². The van der Waals surface area contributed by atoms with E-state index in [4.69, 9.17) is 4.42 Å². The quantitative estimate of drug-likeness (QED) is 0.509. The molecule has 2 aliphatic rings. The molecule has 0 bridgehead atoms. The van der Waals surface area contributed by atoms with E-state index in [1.54, 1.807) is 28.4 Å². The van der Waals surface area contributed by atoms with Gasteiger partial charge in [0.05, 0.1) is 12.3 Å². The number of hydrogen-bond acceptors (Lipinski definition) is 4. The lowest BCUT2D eigenvalue weighted by Crippen LogP contribution is -2.47. The van der Waals surface area contributed by atoms with Crippen LogP contribution in [0.1, 0.15) is 71.8 Å². The van der Waals surface area contributed by atoms with Crippen LogP contribution in [0, 0.1) is 0 Å². The number of thiophene rings is 1. The Morgan fingerprint density at radius 2 is 1.88 bits per heavy atom. The van der Waals surface area contributed by atoms with Crippen molar-refractivity contribution in [1.82, 2.24) is 9.80 Å². The van der Waals surface area contributed by atoms with Gasteiger partial charge in [0.2, 0.25) is 5.91 Å². The fourth-order valence-electron chi connectivity index (χ4n) is 4.64. The Morgan fingerprint density at radius 1 is 1.12 bits per heavy atom. The first-order chi connectivity index (χ1) is 15.8. The van der Waals surface area contributed by atoms with E-state index in [1.165, 1.54) is 22.3 Å². The number of amides is 2. The zero-order valence-electron chi connectivity index (χ0n) is 19.4. The molecule has 3 heterocycles. The Labute approximate surface area is 199 Å². The predicted octanol–water partition coefficient (Wildman–Crippen LogP) is 5.42. The van der Waals surface area contributed by atoms with Crippen LogP contribution >= 0.6 is 11.3 Å². The lowest BCUT2D eigenvalue weighted by atomic mass is 9.85. The minimum atomic E-state index is -0.199. The standard InChI is InChI=1S/C27H30N2O3S/c1-27(2,3)19-8-6-18(7-9-19)25-21-13-16-33-23(21)12-14-28(25)24(30)17-29(20-10-11-20)26(31)22-5-4-15-32-22/h4-9,13,15-16,20,25H,10-12,14,17H2,1-3H3.